The zero-order valence-corrected chi connectivity index (χ0v) is 9.84. The molecular formula is C12H16F2N2O. The first-order chi connectivity index (χ1) is 7.95. The van der Waals surface area contributed by atoms with Gasteiger partial charge in [0, 0.05) is 11.6 Å². The lowest BCUT2D eigenvalue weighted by atomic mass is 10.0. The molecule has 0 fully saturated rings. The van der Waals surface area contributed by atoms with Crippen molar-refractivity contribution in [2.75, 3.05) is 0 Å². The Hall–Kier alpha value is -1.49. The zero-order valence-electron chi connectivity index (χ0n) is 9.84. The largest absolute Gasteiger partial charge is 0.348 e. The molecule has 5 heteroatoms. The number of carbonyl (C=O) groups is 1. The van der Waals surface area contributed by atoms with Gasteiger partial charge in [-0.3, -0.25) is 4.79 Å². The predicted molar refractivity (Wildman–Crippen MR) is 61.2 cm³/mol. The van der Waals surface area contributed by atoms with Gasteiger partial charge in [0.1, 0.15) is 11.6 Å². The molecule has 17 heavy (non-hydrogen) atoms. The molecule has 94 valence electrons. The van der Waals surface area contributed by atoms with Crippen molar-refractivity contribution in [1.29, 1.82) is 0 Å². The number of rotatable bonds is 4. The average molecular weight is 242 g/mol. The molecule has 0 saturated carbocycles. The Balaban J connectivity index is 2.90. The lowest BCUT2D eigenvalue weighted by Crippen LogP contribution is -2.40. The summed E-state index contributed by atoms with van der Waals surface area (Å²) >= 11 is 0. The maximum Gasteiger partial charge on any atom is 0.237 e. The lowest BCUT2D eigenvalue weighted by molar-refractivity contribution is -0.122. The van der Waals surface area contributed by atoms with E-state index in [9.17, 15) is 13.6 Å². The highest BCUT2D eigenvalue weighted by Crippen LogP contribution is 2.20. The topological polar surface area (TPSA) is 55.1 Å². The molecule has 0 aliphatic carbocycles. The molecule has 0 aliphatic rings. The third-order valence-electron chi connectivity index (χ3n) is 2.48. The van der Waals surface area contributed by atoms with E-state index in [4.69, 9.17) is 5.73 Å². The smallest absolute Gasteiger partial charge is 0.237 e. The summed E-state index contributed by atoms with van der Waals surface area (Å²) in [6, 6.07) is 2.15. The number of nitrogens with one attached hydrogen (secondary N) is 1. The van der Waals surface area contributed by atoms with Crippen LogP contribution in [0.15, 0.2) is 18.2 Å². The highest BCUT2D eigenvalue weighted by molar-refractivity contribution is 5.81. The van der Waals surface area contributed by atoms with Crippen LogP contribution in [0.4, 0.5) is 8.78 Å². The standard InChI is InChI=1S/C12H16F2N2O/c1-3-11(16-12(17)7(2)15)9-5-4-8(13)6-10(9)14/h4-7,11H,3,15H2,1-2H3,(H,16,17)/t7-,11?/m0/s1. The molecule has 1 rings (SSSR count). The van der Waals surface area contributed by atoms with Crippen molar-refractivity contribution >= 4 is 5.91 Å². The number of hydrogen-bond acceptors (Lipinski definition) is 2. The Labute approximate surface area is 99.0 Å². The van der Waals surface area contributed by atoms with E-state index in [1.807, 2.05) is 0 Å². The van der Waals surface area contributed by atoms with E-state index < -0.39 is 23.7 Å². The van der Waals surface area contributed by atoms with E-state index in [1.165, 1.54) is 12.1 Å². The molecular weight excluding hydrogens is 226 g/mol. The summed E-state index contributed by atoms with van der Waals surface area (Å²) < 4.78 is 26.3. The molecule has 0 radical (unpaired) electrons. The summed E-state index contributed by atoms with van der Waals surface area (Å²) in [5.41, 5.74) is 5.68. The number of nitrogens with two attached hydrogens (primary N) is 1. The molecule has 3 N–H and O–H groups in total. The molecule has 2 atom stereocenters. The van der Waals surface area contributed by atoms with Crippen LogP contribution in [0.2, 0.25) is 0 Å². The van der Waals surface area contributed by atoms with E-state index >= 15 is 0 Å². The molecule has 0 bridgehead atoms. The number of amides is 1. The average Bonchev–Trinajstić information content (AvgIpc) is 2.26. The maximum absolute atomic E-state index is 13.5. The van der Waals surface area contributed by atoms with Crippen LogP contribution in [-0.2, 0) is 4.79 Å². The maximum atomic E-state index is 13.5. The fraction of sp³-hybridized carbons (Fsp3) is 0.417. The SMILES string of the molecule is CCC(NC(=O)[C@H](C)N)c1ccc(F)cc1F. The van der Waals surface area contributed by atoms with Crippen molar-refractivity contribution in [3.8, 4) is 0 Å². The second kappa shape index (κ2) is 5.72. The van der Waals surface area contributed by atoms with Gasteiger partial charge >= 0.3 is 0 Å². The predicted octanol–water partition coefficient (Wildman–Crippen LogP) is 1.88. The summed E-state index contributed by atoms with van der Waals surface area (Å²) in [5.74, 6) is -1.66. The number of benzene rings is 1. The van der Waals surface area contributed by atoms with Crippen molar-refractivity contribution in [3.63, 3.8) is 0 Å². The van der Waals surface area contributed by atoms with Crippen LogP contribution in [0.25, 0.3) is 0 Å². The Morgan fingerprint density at radius 1 is 1.47 bits per heavy atom. The van der Waals surface area contributed by atoms with Crippen molar-refractivity contribution < 1.29 is 13.6 Å². The van der Waals surface area contributed by atoms with Crippen LogP contribution in [0.1, 0.15) is 31.9 Å². The van der Waals surface area contributed by atoms with Crippen molar-refractivity contribution in [2.24, 2.45) is 5.73 Å². The molecule has 0 spiro atoms. The van der Waals surface area contributed by atoms with Crippen molar-refractivity contribution in [3.05, 3.63) is 35.4 Å². The van der Waals surface area contributed by atoms with Gasteiger partial charge in [-0.25, -0.2) is 8.78 Å². The quantitative estimate of drug-likeness (QED) is 0.847. The summed E-state index contributed by atoms with van der Waals surface area (Å²) in [4.78, 5) is 11.4. The minimum absolute atomic E-state index is 0.267. The Morgan fingerprint density at radius 3 is 2.59 bits per heavy atom. The second-order valence-corrected chi connectivity index (χ2v) is 3.92. The fourth-order valence-corrected chi connectivity index (χ4v) is 1.49. The second-order valence-electron chi connectivity index (χ2n) is 3.92. The molecule has 0 aromatic heterocycles. The van der Waals surface area contributed by atoms with Crippen LogP contribution < -0.4 is 11.1 Å². The molecule has 0 heterocycles. The van der Waals surface area contributed by atoms with Gasteiger partial charge in [-0.15, -0.1) is 0 Å². The molecule has 3 nitrogen and oxygen atoms in total. The van der Waals surface area contributed by atoms with Gasteiger partial charge in [0.05, 0.1) is 12.1 Å². The van der Waals surface area contributed by atoms with Crippen LogP contribution in [0.3, 0.4) is 0 Å². The van der Waals surface area contributed by atoms with Crippen molar-refractivity contribution in [1.82, 2.24) is 5.32 Å². The van der Waals surface area contributed by atoms with Crippen LogP contribution in [-0.4, -0.2) is 11.9 Å². The van der Waals surface area contributed by atoms with Crippen LogP contribution >= 0.6 is 0 Å². The Bertz CT molecular complexity index is 407. The fourth-order valence-electron chi connectivity index (χ4n) is 1.49. The highest BCUT2D eigenvalue weighted by Gasteiger charge is 2.18. The van der Waals surface area contributed by atoms with Gasteiger partial charge in [-0.05, 0) is 19.4 Å². The third kappa shape index (κ3) is 3.49. The van der Waals surface area contributed by atoms with E-state index in [0.29, 0.717) is 6.42 Å². The summed E-state index contributed by atoms with van der Waals surface area (Å²) in [7, 11) is 0. The normalized spacial score (nSPS) is 14.2. The number of halogens is 2. The van der Waals surface area contributed by atoms with Gasteiger partial charge < -0.3 is 11.1 Å². The van der Waals surface area contributed by atoms with Crippen molar-refractivity contribution in [2.45, 2.75) is 32.4 Å². The van der Waals surface area contributed by atoms with Gasteiger partial charge in [-0.2, -0.15) is 0 Å². The lowest BCUT2D eigenvalue weighted by Gasteiger charge is -2.19. The molecule has 1 unspecified atom stereocenters. The Kier molecular flexibility index (Phi) is 4.57. The first-order valence-electron chi connectivity index (χ1n) is 5.46. The minimum Gasteiger partial charge on any atom is -0.348 e. The molecule has 1 amide bonds. The first kappa shape index (κ1) is 13.6. The zero-order chi connectivity index (χ0) is 13.0. The van der Waals surface area contributed by atoms with E-state index in [2.05, 4.69) is 5.32 Å². The summed E-state index contributed by atoms with van der Waals surface area (Å²) in [6.45, 7) is 3.35. The van der Waals surface area contributed by atoms with Gasteiger partial charge in [0.2, 0.25) is 5.91 Å². The van der Waals surface area contributed by atoms with Gasteiger partial charge in [-0.1, -0.05) is 13.0 Å². The van der Waals surface area contributed by atoms with E-state index in [0.717, 1.165) is 6.07 Å². The third-order valence-corrected chi connectivity index (χ3v) is 2.48. The van der Waals surface area contributed by atoms with E-state index in [1.54, 1.807) is 13.8 Å². The molecule has 0 aliphatic heterocycles. The monoisotopic (exact) mass is 242 g/mol. The summed E-state index contributed by atoms with van der Waals surface area (Å²) in [6.07, 6.45) is 0.501. The summed E-state index contributed by atoms with van der Waals surface area (Å²) in [5, 5.41) is 2.62. The van der Waals surface area contributed by atoms with Crippen LogP contribution in [0, 0.1) is 11.6 Å². The van der Waals surface area contributed by atoms with Crippen LogP contribution in [0.5, 0.6) is 0 Å². The molecule has 0 saturated heterocycles. The molecule has 1 aromatic carbocycles. The highest BCUT2D eigenvalue weighted by atomic mass is 19.1. The number of hydrogen-bond donors (Lipinski definition) is 2. The number of carbonyl (C=O) groups excluding carboxylic acids is 1. The minimum atomic E-state index is -0.665. The first-order valence-corrected chi connectivity index (χ1v) is 5.46. The molecule has 1 aromatic rings. The van der Waals surface area contributed by atoms with Gasteiger partial charge in [0.25, 0.3) is 0 Å². The van der Waals surface area contributed by atoms with E-state index in [-0.39, 0.29) is 11.5 Å². The van der Waals surface area contributed by atoms with Gasteiger partial charge in [0.15, 0.2) is 0 Å². The Morgan fingerprint density at radius 2 is 2.12 bits per heavy atom.